The molecule has 1 aliphatic heterocycles. The summed E-state index contributed by atoms with van der Waals surface area (Å²) in [6.07, 6.45) is 1.55. The smallest absolute Gasteiger partial charge is 0.274 e. The third-order valence-electron chi connectivity index (χ3n) is 4.41. The fourth-order valence-corrected chi connectivity index (χ4v) is 2.83. The van der Waals surface area contributed by atoms with Gasteiger partial charge >= 0.3 is 0 Å². The molecule has 7 heteroatoms. The Morgan fingerprint density at radius 2 is 2.04 bits per heavy atom. The maximum atomic E-state index is 12.3. The van der Waals surface area contributed by atoms with Crippen LogP contribution in [0.15, 0.2) is 24.3 Å². The van der Waals surface area contributed by atoms with Crippen LogP contribution in [0.4, 0.5) is 0 Å². The van der Waals surface area contributed by atoms with Crippen molar-refractivity contribution in [3.63, 3.8) is 0 Å². The lowest BCUT2D eigenvalue weighted by atomic mass is 10.1. The van der Waals surface area contributed by atoms with Crippen LogP contribution < -0.4 is 5.32 Å². The number of hydrogen-bond acceptors (Lipinski definition) is 4. The van der Waals surface area contributed by atoms with Crippen molar-refractivity contribution < 1.29 is 9.59 Å². The van der Waals surface area contributed by atoms with E-state index < -0.39 is 0 Å². The largest absolute Gasteiger partial charge is 0.346 e. The molecule has 0 spiro atoms. The Bertz CT molecular complexity index is 768. The molecule has 0 saturated carbocycles. The van der Waals surface area contributed by atoms with Gasteiger partial charge in [0.25, 0.3) is 5.91 Å². The fourth-order valence-electron chi connectivity index (χ4n) is 2.83. The van der Waals surface area contributed by atoms with E-state index in [2.05, 4.69) is 15.6 Å². The number of amides is 2. The molecule has 1 saturated heterocycles. The zero-order valence-corrected chi connectivity index (χ0v) is 14.0. The SMILES string of the molecule is Cc1c(C(=O)NCc2ccccc2CN2CCCC2=O)nnn1C. The lowest BCUT2D eigenvalue weighted by molar-refractivity contribution is -0.128. The lowest BCUT2D eigenvalue weighted by Crippen LogP contribution is -2.27. The van der Waals surface area contributed by atoms with E-state index in [1.807, 2.05) is 36.1 Å². The van der Waals surface area contributed by atoms with Gasteiger partial charge in [0.05, 0.1) is 5.69 Å². The van der Waals surface area contributed by atoms with Crippen LogP contribution in [-0.2, 0) is 24.9 Å². The van der Waals surface area contributed by atoms with Gasteiger partial charge in [0, 0.05) is 33.1 Å². The highest BCUT2D eigenvalue weighted by Crippen LogP contribution is 2.17. The third-order valence-corrected chi connectivity index (χ3v) is 4.41. The number of likely N-dealkylation sites (tertiary alicyclic amines) is 1. The van der Waals surface area contributed by atoms with Crippen molar-refractivity contribution >= 4 is 11.8 Å². The van der Waals surface area contributed by atoms with Crippen LogP contribution in [0.5, 0.6) is 0 Å². The second-order valence-electron chi connectivity index (χ2n) is 6.02. The standard InChI is InChI=1S/C17H21N5O2/c1-12-16(19-20-21(12)2)17(24)18-10-13-6-3-4-7-14(13)11-22-9-5-8-15(22)23/h3-4,6-7H,5,8-11H2,1-2H3,(H,18,24). The minimum Gasteiger partial charge on any atom is -0.346 e. The number of nitrogens with one attached hydrogen (secondary N) is 1. The Morgan fingerprint density at radius 3 is 2.67 bits per heavy atom. The van der Waals surface area contributed by atoms with Gasteiger partial charge in [0.1, 0.15) is 0 Å². The van der Waals surface area contributed by atoms with E-state index in [-0.39, 0.29) is 11.8 Å². The van der Waals surface area contributed by atoms with E-state index >= 15 is 0 Å². The summed E-state index contributed by atoms with van der Waals surface area (Å²) < 4.78 is 1.57. The first kappa shape index (κ1) is 16.2. The Hall–Kier alpha value is -2.70. The summed E-state index contributed by atoms with van der Waals surface area (Å²) >= 11 is 0. The number of nitrogens with zero attached hydrogens (tertiary/aromatic N) is 4. The first-order valence-electron chi connectivity index (χ1n) is 8.05. The molecule has 0 unspecified atom stereocenters. The van der Waals surface area contributed by atoms with Gasteiger partial charge in [-0.05, 0) is 24.5 Å². The van der Waals surface area contributed by atoms with Crippen molar-refractivity contribution in [1.29, 1.82) is 0 Å². The lowest BCUT2D eigenvalue weighted by Gasteiger charge is -2.18. The fraction of sp³-hybridized carbons (Fsp3) is 0.412. The minimum absolute atomic E-state index is 0.198. The maximum Gasteiger partial charge on any atom is 0.274 e. The average molecular weight is 327 g/mol. The molecule has 1 fully saturated rings. The molecule has 3 rings (SSSR count). The van der Waals surface area contributed by atoms with Crippen LogP contribution in [0, 0.1) is 6.92 Å². The molecular weight excluding hydrogens is 306 g/mol. The molecule has 1 aliphatic rings. The van der Waals surface area contributed by atoms with E-state index in [0.717, 1.165) is 29.8 Å². The summed E-state index contributed by atoms with van der Waals surface area (Å²) in [7, 11) is 1.75. The van der Waals surface area contributed by atoms with Crippen molar-refractivity contribution in [2.24, 2.45) is 7.05 Å². The molecule has 2 heterocycles. The number of aryl methyl sites for hydroxylation is 1. The summed E-state index contributed by atoms with van der Waals surface area (Å²) in [6, 6.07) is 7.86. The van der Waals surface area contributed by atoms with Crippen molar-refractivity contribution in [2.75, 3.05) is 6.54 Å². The molecule has 126 valence electrons. The first-order valence-corrected chi connectivity index (χ1v) is 8.05. The van der Waals surface area contributed by atoms with Gasteiger partial charge in [0.15, 0.2) is 5.69 Å². The van der Waals surface area contributed by atoms with Crippen LogP contribution in [-0.4, -0.2) is 38.3 Å². The van der Waals surface area contributed by atoms with Crippen molar-refractivity contribution in [1.82, 2.24) is 25.2 Å². The highest BCUT2D eigenvalue weighted by atomic mass is 16.2. The van der Waals surface area contributed by atoms with Crippen LogP contribution >= 0.6 is 0 Å². The number of aromatic nitrogens is 3. The van der Waals surface area contributed by atoms with E-state index in [0.29, 0.717) is 25.2 Å². The van der Waals surface area contributed by atoms with E-state index in [1.54, 1.807) is 11.7 Å². The molecule has 1 N–H and O–H groups in total. The summed E-state index contributed by atoms with van der Waals surface area (Å²) in [6.45, 7) is 3.60. The summed E-state index contributed by atoms with van der Waals surface area (Å²) in [5.41, 5.74) is 3.13. The highest BCUT2D eigenvalue weighted by Gasteiger charge is 2.21. The third kappa shape index (κ3) is 3.29. The molecule has 1 aromatic heterocycles. The van der Waals surface area contributed by atoms with E-state index in [9.17, 15) is 9.59 Å². The molecule has 0 atom stereocenters. The van der Waals surface area contributed by atoms with Gasteiger partial charge in [-0.2, -0.15) is 0 Å². The molecule has 0 bridgehead atoms. The summed E-state index contributed by atoms with van der Waals surface area (Å²) in [4.78, 5) is 26.0. The van der Waals surface area contributed by atoms with Gasteiger partial charge < -0.3 is 10.2 Å². The molecule has 0 aliphatic carbocycles. The van der Waals surface area contributed by atoms with Gasteiger partial charge in [-0.1, -0.05) is 29.5 Å². The zero-order valence-electron chi connectivity index (χ0n) is 14.0. The topological polar surface area (TPSA) is 80.1 Å². The van der Waals surface area contributed by atoms with Crippen molar-refractivity contribution in [2.45, 2.75) is 32.9 Å². The molecule has 1 aromatic carbocycles. The van der Waals surface area contributed by atoms with Crippen LogP contribution in [0.25, 0.3) is 0 Å². The van der Waals surface area contributed by atoms with Crippen LogP contribution in [0.3, 0.4) is 0 Å². The van der Waals surface area contributed by atoms with E-state index in [1.165, 1.54) is 0 Å². The highest BCUT2D eigenvalue weighted by molar-refractivity contribution is 5.93. The molecule has 2 amide bonds. The van der Waals surface area contributed by atoms with Crippen molar-refractivity contribution in [3.8, 4) is 0 Å². The number of rotatable bonds is 5. The monoisotopic (exact) mass is 327 g/mol. The Labute approximate surface area is 140 Å². The molecule has 2 aromatic rings. The Balaban J connectivity index is 1.68. The van der Waals surface area contributed by atoms with Gasteiger partial charge in [0.2, 0.25) is 5.91 Å². The van der Waals surface area contributed by atoms with Crippen LogP contribution in [0.2, 0.25) is 0 Å². The summed E-state index contributed by atoms with van der Waals surface area (Å²) in [5, 5.41) is 10.6. The number of carbonyl (C=O) groups is 2. The predicted molar refractivity (Wildman–Crippen MR) is 88.0 cm³/mol. The maximum absolute atomic E-state index is 12.3. The molecular formula is C17H21N5O2. The van der Waals surface area contributed by atoms with Gasteiger partial charge in [-0.25, -0.2) is 0 Å². The number of carbonyl (C=O) groups excluding carboxylic acids is 2. The Morgan fingerprint density at radius 1 is 1.29 bits per heavy atom. The second-order valence-corrected chi connectivity index (χ2v) is 6.02. The van der Waals surface area contributed by atoms with Crippen molar-refractivity contribution in [3.05, 3.63) is 46.8 Å². The summed E-state index contributed by atoms with van der Waals surface area (Å²) in [5.74, 6) is -0.0447. The van der Waals surface area contributed by atoms with Crippen LogP contribution in [0.1, 0.15) is 40.2 Å². The van der Waals surface area contributed by atoms with Gasteiger partial charge in [-0.3, -0.25) is 14.3 Å². The Kier molecular flexibility index (Phi) is 4.59. The zero-order chi connectivity index (χ0) is 17.1. The molecule has 7 nitrogen and oxygen atoms in total. The average Bonchev–Trinajstić information content (AvgIpc) is 3.13. The quantitative estimate of drug-likeness (QED) is 0.894. The predicted octanol–water partition coefficient (Wildman–Crippen LogP) is 1.18. The normalized spacial score (nSPS) is 14.2. The number of hydrogen-bond donors (Lipinski definition) is 1. The minimum atomic E-state index is -0.243. The van der Waals surface area contributed by atoms with E-state index in [4.69, 9.17) is 0 Å². The van der Waals surface area contributed by atoms with Gasteiger partial charge in [-0.15, -0.1) is 5.10 Å². The first-order chi connectivity index (χ1) is 11.6. The molecule has 24 heavy (non-hydrogen) atoms. The molecule has 0 radical (unpaired) electrons. The number of benzene rings is 1. The second kappa shape index (κ2) is 6.82.